The molecule has 162 valence electrons. The molecule has 0 aliphatic carbocycles. The van der Waals surface area contributed by atoms with Crippen molar-refractivity contribution >= 4 is 15.9 Å². The summed E-state index contributed by atoms with van der Waals surface area (Å²) in [6.07, 6.45) is 5.25. The Labute approximate surface area is 176 Å². The number of nitrogens with zero attached hydrogens (tertiary/aromatic N) is 2. The quantitative estimate of drug-likeness (QED) is 0.527. The molecule has 1 saturated heterocycles. The van der Waals surface area contributed by atoms with E-state index in [1.807, 2.05) is 6.07 Å². The molecule has 1 aliphatic rings. The first kappa shape index (κ1) is 22.3. The molecule has 1 aromatic carbocycles. The molecule has 0 radical (unpaired) electrons. The summed E-state index contributed by atoms with van der Waals surface area (Å²) in [4.78, 5) is 20.1. The van der Waals surface area contributed by atoms with Crippen molar-refractivity contribution in [2.24, 2.45) is 0 Å². The van der Waals surface area contributed by atoms with Crippen molar-refractivity contribution in [1.29, 1.82) is 0 Å². The van der Waals surface area contributed by atoms with E-state index in [-0.39, 0.29) is 42.7 Å². The maximum atomic E-state index is 12.3. The van der Waals surface area contributed by atoms with Gasteiger partial charge in [0.1, 0.15) is 11.8 Å². The third-order valence-corrected chi connectivity index (χ3v) is 6.25. The van der Waals surface area contributed by atoms with E-state index in [2.05, 4.69) is 20.0 Å². The lowest BCUT2D eigenvalue weighted by Gasteiger charge is -2.36. The summed E-state index contributed by atoms with van der Waals surface area (Å²) in [5.41, 5.74) is 0.921. The van der Waals surface area contributed by atoms with E-state index < -0.39 is 16.1 Å². The molecule has 1 aromatic heterocycles. The van der Waals surface area contributed by atoms with Gasteiger partial charge in [0.15, 0.2) is 0 Å². The molecule has 10 heteroatoms. The first-order valence-electron chi connectivity index (χ1n) is 9.81. The van der Waals surface area contributed by atoms with Gasteiger partial charge in [-0.3, -0.25) is 9.78 Å². The van der Waals surface area contributed by atoms with Crippen LogP contribution in [0.4, 0.5) is 0 Å². The molecule has 30 heavy (non-hydrogen) atoms. The number of hydrogen-bond donors (Lipinski definition) is 3. The molecule has 3 atom stereocenters. The van der Waals surface area contributed by atoms with E-state index in [4.69, 9.17) is 4.74 Å². The Morgan fingerprint density at radius 1 is 1.20 bits per heavy atom. The van der Waals surface area contributed by atoms with Gasteiger partial charge in [-0.05, 0) is 24.8 Å². The number of sulfonamides is 1. The Hall–Kier alpha value is -2.40. The molecule has 2 heterocycles. The lowest BCUT2D eigenvalue weighted by Crippen LogP contribution is -2.51. The number of aromatic nitrogens is 2. The average molecular weight is 435 g/mol. The topological polar surface area (TPSA) is 131 Å². The van der Waals surface area contributed by atoms with Gasteiger partial charge in [0.05, 0.1) is 30.7 Å². The van der Waals surface area contributed by atoms with Crippen LogP contribution in [0.2, 0.25) is 0 Å². The standard InChI is InChI=1S/C20H26N4O5S/c25-13-19-17(24-20(26)18-12-21-10-11-22-18)7-6-16(29-19)8-9-23-30(27,28)14-15-4-2-1-3-5-15/h1-5,10-12,16-17,19,23,25H,6-9,13-14H2,(H,24,26)/t16-,17+,19-/m0/s1. The highest BCUT2D eigenvalue weighted by molar-refractivity contribution is 7.88. The van der Waals surface area contributed by atoms with Crippen LogP contribution in [0.3, 0.4) is 0 Å². The number of ether oxygens (including phenoxy) is 1. The van der Waals surface area contributed by atoms with E-state index in [0.29, 0.717) is 19.3 Å². The van der Waals surface area contributed by atoms with E-state index in [0.717, 1.165) is 5.56 Å². The van der Waals surface area contributed by atoms with Gasteiger partial charge in [0.2, 0.25) is 10.0 Å². The average Bonchev–Trinajstić information content (AvgIpc) is 2.75. The number of carbonyl (C=O) groups is 1. The minimum absolute atomic E-state index is 0.0743. The molecule has 3 N–H and O–H groups in total. The van der Waals surface area contributed by atoms with Crippen LogP contribution in [0.15, 0.2) is 48.9 Å². The number of aliphatic hydroxyl groups is 1. The molecule has 0 unspecified atom stereocenters. The molecule has 1 amide bonds. The molecule has 0 bridgehead atoms. The van der Waals surface area contributed by atoms with Gasteiger partial charge in [-0.2, -0.15) is 0 Å². The van der Waals surface area contributed by atoms with Crippen LogP contribution in [0, 0.1) is 0 Å². The van der Waals surface area contributed by atoms with Crippen LogP contribution < -0.4 is 10.0 Å². The van der Waals surface area contributed by atoms with E-state index >= 15 is 0 Å². The van der Waals surface area contributed by atoms with E-state index in [1.54, 1.807) is 24.3 Å². The van der Waals surface area contributed by atoms with Crippen LogP contribution in [0.1, 0.15) is 35.3 Å². The molecular formula is C20H26N4O5S. The second-order valence-electron chi connectivity index (χ2n) is 7.15. The monoisotopic (exact) mass is 434 g/mol. The second kappa shape index (κ2) is 10.6. The van der Waals surface area contributed by atoms with Crippen LogP contribution in [0.25, 0.3) is 0 Å². The molecule has 3 rings (SSSR count). The molecular weight excluding hydrogens is 408 g/mol. The minimum atomic E-state index is -3.44. The third-order valence-electron chi connectivity index (χ3n) is 4.90. The molecule has 0 spiro atoms. The molecule has 9 nitrogen and oxygen atoms in total. The lowest BCUT2D eigenvalue weighted by molar-refractivity contribution is -0.0891. The Bertz CT molecular complexity index is 911. The summed E-state index contributed by atoms with van der Waals surface area (Å²) in [6.45, 7) is -0.00371. The fourth-order valence-electron chi connectivity index (χ4n) is 3.39. The number of aliphatic hydroxyl groups excluding tert-OH is 1. The number of benzene rings is 1. The van der Waals surface area contributed by atoms with Gasteiger partial charge in [0.25, 0.3) is 5.91 Å². The molecule has 1 aliphatic heterocycles. The number of carbonyl (C=O) groups excluding carboxylic acids is 1. The SMILES string of the molecule is O=C(N[C@@H]1CC[C@@H](CCNS(=O)(=O)Cc2ccccc2)O[C@H]1CO)c1cnccn1. The lowest BCUT2D eigenvalue weighted by atomic mass is 9.97. The predicted octanol–water partition coefficient (Wildman–Crippen LogP) is 0.625. The Kier molecular flexibility index (Phi) is 7.86. The van der Waals surface area contributed by atoms with Crippen molar-refractivity contribution < 1.29 is 23.1 Å². The predicted molar refractivity (Wildman–Crippen MR) is 110 cm³/mol. The van der Waals surface area contributed by atoms with Crippen molar-refractivity contribution in [3.8, 4) is 0 Å². The first-order valence-corrected chi connectivity index (χ1v) is 11.5. The maximum Gasteiger partial charge on any atom is 0.271 e. The van der Waals surface area contributed by atoms with Crippen LogP contribution in [-0.2, 0) is 20.5 Å². The maximum absolute atomic E-state index is 12.3. The zero-order valence-corrected chi connectivity index (χ0v) is 17.3. The fourth-order valence-corrected chi connectivity index (χ4v) is 4.55. The van der Waals surface area contributed by atoms with Gasteiger partial charge in [-0.1, -0.05) is 30.3 Å². The number of amides is 1. The van der Waals surface area contributed by atoms with Gasteiger partial charge in [-0.25, -0.2) is 18.1 Å². The van der Waals surface area contributed by atoms with E-state index in [9.17, 15) is 18.3 Å². The Morgan fingerprint density at radius 3 is 2.70 bits per heavy atom. The summed E-state index contributed by atoms with van der Waals surface area (Å²) in [5.74, 6) is -0.447. The second-order valence-corrected chi connectivity index (χ2v) is 8.96. The highest BCUT2D eigenvalue weighted by Crippen LogP contribution is 2.22. The van der Waals surface area contributed by atoms with Crippen LogP contribution in [-0.4, -0.2) is 60.8 Å². The molecule has 0 saturated carbocycles. The van der Waals surface area contributed by atoms with Crippen molar-refractivity contribution in [3.63, 3.8) is 0 Å². The minimum Gasteiger partial charge on any atom is -0.394 e. The fraction of sp³-hybridized carbons (Fsp3) is 0.450. The highest BCUT2D eigenvalue weighted by atomic mass is 32.2. The van der Waals surface area contributed by atoms with Crippen molar-refractivity contribution in [1.82, 2.24) is 20.0 Å². The van der Waals surface area contributed by atoms with Crippen molar-refractivity contribution in [2.45, 2.75) is 43.3 Å². The Balaban J connectivity index is 1.45. The molecule has 1 fully saturated rings. The van der Waals surface area contributed by atoms with Gasteiger partial charge in [0, 0.05) is 18.9 Å². The highest BCUT2D eigenvalue weighted by Gasteiger charge is 2.32. The largest absolute Gasteiger partial charge is 0.394 e. The number of nitrogens with one attached hydrogen (secondary N) is 2. The zero-order valence-electron chi connectivity index (χ0n) is 16.5. The van der Waals surface area contributed by atoms with Gasteiger partial charge < -0.3 is 15.2 Å². The first-order chi connectivity index (χ1) is 14.5. The smallest absolute Gasteiger partial charge is 0.271 e. The van der Waals surface area contributed by atoms with Crippen molar-refractivity contribution in [3.05, 3.63) is 60.2 Å². The zero-order chi connectivity index (χ0) is 21.4. The van der Waals surface area contributed by atoms with Gasteiger partial charge >= 0.3 is 0 Å². The summed E-state index contributed by atoms with van der Waals surface area (Å²) in [7, 11) is -3.44. The number of rotatable bonds is 9. The molecule has 2 aromatic rings. The summed E-state index contributed by atoms with van der Waals surface area (Å²) in [6, 6.07) is 8.63. The van der Waals surface area contributed by atoms with Gasteiger partial charge in [-0.15, -0.1) is 0 Å². The normalized spacial score (nSPS) is 21.8. The third kappa shape index (κ3) is 6.56. The summed E-state index contributed by atoms with van der Waals surface area (Å²) in [5, 5.41) is 12.5. The Morgan fingerprint density at radius 2 is 2.00 bits per heavy atom. The van der Waals surface area contributed by atoms with E-state index in [1.165, 1.54) is 18.6 Å². The summed E-state index contributed by atoms with van der Waals surface area (Å²) < 4.78 is 32.9. The van der Waals surface area contributed by atoms with Crippen LogP contribution >= 0.6 is 0 Å². The van der Waals surface area contributed by atoms with Crippen molar-refractivity contribution in [2.75, 3.05) is 13.2 Å². The van der Waals surface area contributed by atoms with Crippen LogP contribution in [0.5, 0.6) is 0 Å². The number of hydrogen-bond acceptors (Lipinski definition) is 7. The summed E-state index contributed by atoms with van der Waals surface area (Å²) >= 11 is 0.